The molecule has 1 fully saturated rings. The van der Waals surface area contributed by atoms with Gasteiger partial charge in [0.1, 0.15) is 17.3 Å². The molecule has 0 radical (unpaired) electrons. The number of anilines is 2. The van der Waals surface area contributed by atoms with Gasteiger partial charge in [0.25, 0.3) is 11.6 Å². The lowest BCUT2D eigenvalue weighted by Gasteiger charge is -2.35. The van der Waals surface area contributed by atoms with E-state index in [1.54, 1.807) is 16.3 Å². The zero-order valence-electron chi connectivity index (χ0n) is 19.0. The number of amides is 2. The van der Waals surface area contributed by atoms with Crippen LogP contribution in [0.15, 0.2) is 41.8 Å². The number of aromatic nitrogens is 1. The first-order valence-corrected chi connectivity index (χ1v) is 11.5. The summed E-state index contributed by atoms with van der Waals surface area (Å²) in [6.45, 7) is 3.34. The summed E-state index contributed by atoms with van der Waals surface area (Å²) in [7, 11) is 1.46. The van der Waals surface area contributed by atoms with Gasteiger partial charge >= 0.3 is 0 Å². The molecule has 2 amide bonds. The summed E-state index contributed by atoms with van der Waals surface area (Å²) < 4.78 is 19.0. The fourth-order valence-electron chi connectivity index (χ4n) is 3.85. The number of carbonyl (C=O) groups excluding carboxylic acids is 2. The van der Waals surface area contributed by atoms with Gasteiger partial charge < -0.3 is 14.5 Å². The van der Waals surface area contributed by atoms with Gasteiger partial charge in [-0.05, 0) is 30.3 Å². The third-order valence-electron chi connectivity index (χ3n) is 5.66. The Kier molecular flexibility index (Phi) is 6.92. The van der Waals surface area contributed by atoms with Gasteiger partial charge in [0.05, 0.1) is 17.7 Å². The molecule has 0 bridgehead atoms. The third kappa shape index (κ3) is 5.22. The van der Waals surface area contributed by atoms with E-state index >= 15 is 0 Å². The number of nitro benzene ring substituents is 1. The summed E-state index contributed by atoms with van der Waals surface area (Å²) in [5, 5.41) is 16.3. The second-order valence-electron chi connectivity index (χ2n) is 7.79. The number of thiazole rings is 1. The summed E-state index contributed by atoms with van der Waals surface area (Å²) in [5.74, 6) is -0.611. The highest BCUT2D eigenvalue weighted by Gasteiger charge is 2.26. The quantitative estimate of drug-likeness (QED) is 0.405. The van der Waals surface area contributed by atoms with E-state index in [4.69, 9.17) is 4.74 Å². The second kappa shape index (κ2) is 10.1. The average molecular weight is 500 g/mol. The standard InChI is InChI=1S/C23H22FN5O5S/c1-14(30)27-7-9-28(10-8-27)19-5-3-15(11-20(19)29(32)33)22(31)26-23-25-18(13-35-23)17-12-16(24)4-6-21(17)34-2/h3-6,11-13H,7-10H2,1-2H3,(H,25,26,31). The molecule has 1 aliphatic rings. The van der Waals surface area contributed by atoms with Crippen LogP contribution in [-0.4, -0.2) is 59.9 Å². The Labute approximate surface area is 204 Å². The molecule has 0 unspecified atom stereocenters. The van der Waals surface area contributed by atoms with E-state index in [1.165, 1.54) is 44.4 Å². The molecule has 3 aromatic rings. The van der Waals surface area contributed by atoms with Crippen molar-refractivity contribution in [2.24, 2.45) is 0 Å². The van der Waals surface area contributed by atoms with Crippen molar-refractivity contribution in [3.63, 3.8) is 0 Å². The van der Waals surface area contributed by atoms with Crippen molar-refractivity contribution in [1.29, 1.82) is 0 Å². The molecular formula is C23H22FN5O5S. The van der Waals surface area contributed by atoms with Crippen LogP contribution in [0.3, 0.4) is 0 Å². The lowest BCUT2D eigenvalue weighted by atomic mass is 10.1. The number of piperazine rings is 1. The van der Waals surface area contributed by atoms with E-state index in [9.17, 15) is 24.1 Å². The first-order chi connectivity index (χ1) is 16.8. The summed E-state index contributed by atoms with van der Waals surface area (Å²) in [5.41, 5.74) is 1.16. The highest BCUT2D eigenvalue weighted by Crippen LogP contribution is 2.34. The predicted octanol–water partition coefficient (Wildman–Crippen LogP) is 3.79. The molecular weight excluding hydrogens is 477 g/mol. The van der Waals surface area contributed by atoms with E-state index in [2.05, 4.69) is 10.3 Å². The Hall–Kier alpha value is -4.06. The number of nitro groups is 1. The minimum Gasteiger partial charge on any atom is -0.496 e. The lowest BCUT2D eigenvalue weighted by molar-refractivity contribution is -0.384. The minimum absolute atomic E-state index is 0.0349. The zero-order chi connectivity index (χ0) is 25.1. The maximum atomic E-state index is 13.7. The number of ether oxygens (including phenoxy) is 1. The topological polar surface area (TPSA) is 118 Å². The molecule has 1 saturated heterocycles. The molecule has 35 heavy (non-hydrogen) atoms. The zero-order valence-corrected chi connectivity index (χ0v) is 19.8. The molecule has 12 heteroatoms. The van der Waals surface area contributed by atoms with Crippen molar-refractivity contribution in [1.82, 2.24) is 9.88 Å². The van der Waals surface area contributed by atoms with Crippen LogP contribution in [0.1, 0.15) is 17.3 Å². The fourth-order valence-corrected chi connectivity index (χ4v) is 4.55. The summed E-state index contributed by atoms with van der Waals surface area (Å²) in [4.78, 5) is 43.4. The first-order valence-electron chi connectivity index (χ1n) is 10.7. The van der Waals surface area contributed by atoms with Crippen LogP contribution in [0, 0.1) is 15.9 Å². The van der Waals surface area contributed by atoms with Gasteiger partial charge in [0.2, 0.25) is 5.91 Å². The lowest BCUT2D eigenvalue weighted by Crippen LogP contribution is -2.48. The van der Waals surface area contributed by atoms with E-state index < -0.39 is 16.6 Å². The van der Waals surface area contributed by atoms with Gasteiger partial charge in [-0.3, -0.25) is 25.0 Å². The van der Waals surface area contributed by atoms with Crippen molar-refractivity contribution in [3.05, 3.63) is 63.3 Å². The van der Waals surface area contributed by atoms with Gasteiger partial charge in [0.15, 0.2) is 5.13 Å². The number of carbonyl (C=O) groups is 2. The Bertz CT molecular complexity index is 1290. The van der Waals surface area contributed by atoms with Gasteiger partial charge in [0, 0.05) is 55.7 Å². The first kappa shape index (κ1) is 24.1. The molecule has 1 aliphatic heterocycles. The summed E-state index contributed by atoms with van der Waals surface area (Å²) >= 11 is 1.14. The monoisotopic (exact) mass is 499 g/mol. The van der Waals surface area contributed by atoms with Crippen LogP contribution in [0.25, 0.3) is 11.3 Å². The van der Waals surface area contributed by atoms with Crippen molar-refractivity contribution < 1.29 is 23.6 Å². The molecule has 0 aliphatic carbocycles. The average Bonchev–Trinajstić information content (AvgIpc) is 3.32. The van der Waals surface area contributed by atoms with Crippen molar-refractivity contribution in [2.75, 3.05) is 43.5 Å². The highest BCUT2D eigenvalue weighted by atomic mass is 32.1. The number of methoxy groups -OCH3 is 1. The Morgan fingerprint density at radius 3 is 2.57 bits per heavy atom. The van der Waals surface area contributed by atoms with Crippen LogP contribution in [-0.2, 0) is 4.79 Å². The number of hydrogen-bond donors (Lipinski definition) is 1. The second-order valence-corrected chi connectivity index (χ2v) is 8.65. The van der Waals surface area contributed by atoms with Crippen LogP contribution in [0.2, 0.25) is 0 Å². The smallest absolute Gasteiger partial charge is 0.293 e. The van der Waals surface area contributed by atoms with Crippen molar-refractivity contribution in [2.45, 2.75) is 6.92 Å². The molecule has 0 spiro atoms. The Morgan fingerprint density at radius 2 is 1.91 bits per heavy atom. The number of halogens is 1. The molecule has 2 heterocycles. The van der Waals surface area contributed by atoms with Gasteiger partial charge in [-0.2, -0.15) is 0 Å². The van der Waals surface area contributed by atoms with Gasteiger partial charge in [-0.15, -0.1) is 11.3 Å². The largest absolute Gasteiger partial charge is 0.496 e. The molecule has 0 atom stereocenters. The summed E-state index contributed by atoms with van der Waals surface area (Å²) in [6, 6.07) is 8.34. The van der Waals surface area contributed by atoms with Crippen molar-refractivity contribution in [3.8, 4) is 17.0 Å². The summed E-state index contributed by atoms with van der Waals surface area (Å²) in [6.07, 6.45) is 0. The fraction of sp³-hybridized carbons (Fsp3) is 0.261. The molecule has 182 valence electrons. The Balaban J connectivity index is 1.52. The molecule has 2 aromatic carbocycles. The van der Waals surface area contributed by atoms with Crippen molar-refractivity contribution >= 4 is 39.7 Å². The molecule has 4 rings (SSSR count). The maximum absolute atomic E-state index is 13.7. The Morgan fingerprint density at radius 1 is 1.17 bits per heavy atom. The SMILES string of the molecule is COc1ccc(F)cc1-c1csc(NC(=O)c2ccc(N3CCN(C(C)=O)CC3)c([N+](=O)[O-])c2)n1. The van der Waals surface area contributed by atoms with Crippen LogP contribution in [0.5, 0.6) is 5.75 Å². The number of nitrogens with zero attached hydrogens (tertiary/aromatic N) is 4. The predicted molar refractivity (Wildman–Crippen MR) is 130 cm³/mol. The maximum Gasteiger partial charge on any atom is 0.293 e. The van der Waals surface area contributed by atoms with E-state index in [0.717, 1.165) is 11.3 Å². The molecule has 0 saturated carbocycles. The number of hydrogen-bond acceptors (Lipinski definition) is 8. The van der Waals surface area contributed by atoms with Gasteiger partial charge in [-0.1, -0.05) is 0 Å². The number of benzene rings is 2. The third-order valence-corrected chi connectivity index (χ3v) is 6.42. The number of nitrogens with one attached hydrogen (secondary N) is 1. The number of rotatable bonds is 6. The molecule has 1 N–H and O–H groups in total. The van der Waals surface area contributed by atoms with E-state index in [-0.39, 0.29) is 22.3 Å². The van der Waals surface area contributed by atoms with E-state index in [0.29, 0.717) is 48.9 Å². The molecule has 1 aromatic heterocycles. The molecule has 10 nitrogen and oxygen atoms in total. The minimum atomic E-state index is -0.562. The van der Waals surface area contributed by atoms with Crippen LogP contribution in [0.4, 0.5) is 20.9 Å². The van der Waals surface area contributed by atoms with Gasteiger partial charge in [-0.25, -0.2) is 9.37 Å². The normalized spacial score (nSPS) is 13.5. The van der Waals surface area contributed by atoms with Crippen LogP contribution < -0.4 is 15.0 Å². The van der Waals surface area contributed by atoms with Crippen LogP contribution >= 0.6 is 11.3 Å². The van der Waals surface area contributed by atoms with E-state index in [1.807, 2.05) is 4.90 Å². The highest BCUT2D eigenvalue weighted by molar-refractivity contribution is 7.14.